The van der Waals surface area contributed by atoms with Crippen molar-refractivity contribution in [3.8, 4) is 5.75 Å². The normalized spacial score (nSPS) is 16.2. The van der Waals surface area contributed by atoms with Crippen LogP contribution in [0, 0.1) is 6.92 Å². The second kappa shape index (κ2) is 10.1. The topological polar surface area (TPSA) is 84.8 Å². The molecule has 0 unspecified atom stereocenters. The van der Waals surface area contributed by atoms with E-state index in [2.05, 4.69) is 26.2 Å². The van der Waals surface area contributed by atoms with Crippen LogP contribution in [0.15, 0.2) is 79.9 Å². The molecular weight excluding hydrogens is 583 g/mol. The highest BCUT2D eigenvalue weighted by atomic mass is 79.9. The Bertz CT molecular complexity index is 1460. The van der Waals surface area contributed by atoms with E-state index >= 15 is 0 Å². The molecule has 174 valence electrons. The molecule has 6 nitrogen and oxygen atoms in total. The highest BCUT2D eigenvalue weighted by molar-refractivity contribution is 9.10. The molecule has 0 atom stereocenters. The maximum Gasteiger partial charge on any atom is 0.339 e. The van der Waals surface area contributed by atoms with E-state index in [-0.39, 0.29) is 16.6 Å². The molecule has 0 bridgehead atoms. The zero-order valence-corrected chi connectivity index (χ0v) is 22.1. The van der Waals surface area contributed by atoms with Crippen LogP contribution in [-0.4, -0.2) is 19.5 Å². The zero-order chi connectivity index (χ0) is 24.5. The lowest BCUT2D eigenvalue weighted by Gasteiger charge is -2.09. The van der Waals surface area contributed by atoms with Gasteiger partial charge in [0.25, 0.3) is 5.91 Å². The van der Waals surface area contributed by atoms with Gasteiger partial charge in [0.05, 0.1) is 20.1 Å². The van der Waals surface area contributed by atoms with Crippen LogP contribution in [0.3, 0.4) is 0 Å². The first-order valence-corrected chi connectivity index (χ1v) is 13.4. The number of benzene rings is 3. The predicted octanol–water partition coefficient (Wildman–Crippen LogP) is 6.72. The number of aryl methyl sites for hydroxylation is 1. The van der Waals surface area contributed by atoms with Crippen LogP contribution >= 0.6 is 50.9 Å². The third-order valence-corrected chi connectivity index (χ3v) is 7.88. The maximum absolute atomic E-state index is 12.6. The highest BCUT2D eigenvalue weighted by Gasteiger charge is 2.24. The first-order valence-electron chi connectivity index (χ1n) is 9.66. The molecule has 4 rings (SSSR count). The van der Waals surface area contributed by atoms with E-state index < -0.39 is 10.1 Å². The van der Waals surface area contributed by atoms with Crippen molar-refractivity contribution in [3.63, 3.8) is 0 Å². The first-order chi connectivity index (χ1) is 16.1. The van der Waals surface area contributed by atoms with Crippen molar-refractivity contribution < 1.29 is 17.4 Å². The fraction of sp³-hybridized carbons (Fsp3) is 0.0435. The molecule has 3 aromatic carbocycles. The van der Waals surface area contributed by atoms with Gasteiger partial charge in [-0.2, -0.15) is 8.42 Å². The molecule has 0 radical (unpaired) electrons. The van der Waals surface area contributed by atoms with Gasteiger partial charge in [-0.15, -0.1) is 0 Å². The molecule has 34 heavy (non-hydrogen) atoms. The minimum absolute atomic E-state index is 0.0573. The summed E-state index contributed by atoms with van der Waals surface area (Å²) in [6.07, 6.45) is 1.66. The predicted molar refractivity (Wildman–Crippen MR) is 140 cm³/mol. The SMILES string of the molecule is Cc1ccc(S(=O)(=O)Oc2ccc(/C=C3/SC(=Nc4cc(Cl)ccc4Cl)NC3=O)cc2Br)cc1. The Kier molecular flexibility index (Phi) is 7.39. The summed E-state index contributed by atoms with van der Waals surface area (Å²) in [4.78, 5) is 17.2. The third kappa shape index (κ3) is 5.84. The summed E-state index contributed by atoms with van der Waals surface area (Å²) in [5.74, 6) is -0.190. The Morgan fingerprint density at radius 1 is 1.06 bits per heavy atom. The van der Waals surface area contributed by atoms with Gasteiger partial charge in [0.15, 0.2) is 10.9 Å². The maximum atomic E-state index is 12.6. The number of carbonyl (C=O) groups is 1. The monoisotopic (exact) mass is 596 g/mol. The summed E-state index contributed by atoms with van der Waals surface area (Å²) < 4.78 is 30.8. The lowest BCUT2D eigenvalue weighted by molar-refractivity contribution is -0.115. The third-order valence-electron chi connectivity index (χ3n) is 4.54. The molecule has 0 aliphatic carbocycles. The van der Waals surface area contributed by atoms with Gasteiger partial charge in [0.2, 0.25) is 0 Å². The van der Waals surface area contributed by atoms with Gasteiger partial charge in [-0.25, -0.2) is 4.99 Å². The van der Waals surface area contributed by atoms with E-state index in [9.17, 15) is 13.2 Å². The average Bonchev–Trinajstić information content (AvgIpc) is 3.11. The van der Waals surface area contributed by atoms with Gasteiger partial charge in [0.1, 0.15) is 4.90 Å². The molecule has 1 aliphatic rings. The lowest BCUT2D eigenvalue weighted by Crippen LogP contribution is -2.19. The standard InChI is InChI=1S/C23H15BrCl2N2O4S2/c1-13-2-6-16(7-3-13)34(30,31)32-20-9-4-14(10-17(20)24)11-21-22(29)28-23(33-21)27-19-12-15(25)5-8-18(19)26/h2-12H,1H3,(H,27,28,29)/b21-11+. The lowest BCUT2D eigenvalue weighted by atomic mass is 10.2. The Morgan fingerprint density at radius 2 is 1.79 bits per heavy atom. The van der Waals surface area contributed by atoms with E-state index in [1.165, 1.54) is 18.2 Å². The van der Waals surface area contributed by atoms with Crippen LogP contribution in [0.5, 0.6) is 5.75 Å². The van der Waals surface area contributed by atoms with Crippen molar-refractivity contribution in [1.82, 2.24) is 5.32 Å². The van der Waals surface area contributed by atoms with Gasteiger partial charge in [0, 0.05) is 5.02 Å². The quantitative estimate of drug-likeness (QED) is 0.260. The Morgan fingerprint density at radius 3 is 2.50 bits per heavy atom. The number of carbonyl (C=O) groups excluding carboxylic acids is 1. The van der Waals surface area contributed by atoms with Crippen LogP contribution < -0.4 is 9.50 Å². The fourth-order valence-corrected chi connectivity index (χ4v) is 5.55. The smallest absolute Gasteiger partial charge is 0.339 e. The Balaban J connectivity index is 1.53. The van der Waals surface area contributed by atoms with E-state index in [1.54, 1.807) is 48.5 Å². The summed E-state index contributed by atoms with van der Waals surface area (Å²) in [6.45, 7) is 1.87. The van der Waals surface area contributed by atoms with E-state index in [4.69, 9.17) is 27.4 Å². The van der Waals surface area contributed by atoms with Crippen molar-refractivity contribution in [1.29, 1.82) is 0 Å². The van der Waals surface area contributed by atoms with E-state index in [0.29, 0.717) is 35.8 Å². The molecule has 1 aliphatic heterocycles. The van der Waals surface area contributed by atoms with Crippen LogP contribution in [0.4, 0.5) is 5.69 Å². The first kappa shape index (κ1) is 24.8. The number of nitrogens with one attached hydrogen (secondary N) is 1. The van der Waals surface area contributed by atoms with Gasteiger partial charge < -0.3 is 9.50 Å². The Hall–Kier alpha value is -2.30. The molecular formula is C23H15BrCl2N2O4S2. The van der Waals surface area contributed by atoms with Crippen molar-refractivity contribution in [2.75, 3.05) is 0 Å². The molecule has 0 spiro atoms. The van der Waals surface area contributed by atoms with Crippen molar-refractivity contribution in [3.05, 3.63) is 91.2 Å². The van der Waals surface area contributed by atoms with E-state index in [1.807, 2.05) is 6.92 Å². The van der Waals surface area contributed by atoms with Crippen LogP contribution in [0.2, 0.25) is 10.0 Å². The average molecular weight is 598 g/mol. The number of thioether (sulfide) groups is 1. The minimum Gasteiger partial charge on any atom is -0.378 e. The molecule has 1 heterocycles. The van der Waals surface area contributed by atoms with Gasteiger partial charge >= 0.3 is 10.1 Å². The summed E-state index contributed by atoms with van der Waals surface area (Å²) in [5.41, 5.74) is 2.04. The summed E-state index contributed by atoms with van der Waals surface area (Å²) >= 11 is 16.6. The molecule has 1 fully saturated rings. The molecule has 1 amide bonds. The fourth-order valence-electron chi connectivity index (χ4n) is 2.86. The largest absolute Gasteiger partial charge is 0.378 e. The van der Waals surface area contributed by atoms with Gasteiger partial charge in [-0.3, -0.25) is 4.79 Å². The molecule has 1 saturated heterocycles. The van der Waals surface area contributed by atoms with Crippen LogP contribution in [0.1, 0.15) is 11.1 Å². The zero-order valence-electron chi connectivity index (χ0n) is 17.4. The number of nitrogens with zero attached hydrogens (tertiary/aromatic N) is 1. The van der Waals surface area contributed by atoms with Gasteiger partial charge in [-0.05, 0) is 88.7 Å². The molecule has 11 heteroatoms. The number of rotatable bonds is 5. The Labute approximate surface area is 219 Å². The molecule has 3 aromatic rings. The second-order valence-corrected chi connectivity index (χ2v) is 11.4. The van der Waals surface area contributed by atoms with Crippen molar-refractivity contribution in [2.45, 2.75) is 11.8 Å². The van der Waals surface area contributed by atoms with Crippen molar-refractivity contribution >= 4 is 83.9 Å². The second-order valence-electron chi connectivity index (χ2n) is 7.12. The van der Waals surface area contributed by atoms with Crippen LogP contribution in [-0.2, 0) is 14.9 Å². The van der Waals surface area contributed by atoms with E-state index in [0.717, 1.165) is 17.3 Å². The molecule has 0 saturated carbocycles. The summed E-state index contributed by atoms with van der Waals surface area (Å²) in [6, 6.07) is 16.1. The number of amidine groups is 1. The summed E-state index contributed by atoms with van der Waals surface area (Å²) in [7, 11) is -3.99. The summed E-state index contributed by atoms with van der Waals surface area (Å²) in [5, 5.41) is 3.94. The number of halogens is 3. The number of hydrogen-bond donors (Lipinski definition) is 1. The van der Waals surface area contributed by atoms with Gasteiger partial charge in [-0.1, -0.05) is 47.0 Å². The molecule has 1 N–H and O–H groups in total. The number of amides is 1. The minimum atomic E-state index is -3.99. The number of aliphatic imine (C=N–C) groups is 1. The number of hydrogen-bond acceptors (Lipinski definition) is 6. The van der Waals surface area contributed by atoms with Crippen LogP contribution in [0.25, 0.3) is 6.08 Å². The highest BCUT2D eigenvalue weighted by Crippen LogP contribution is 2.34. The molecule has 0 aromatic heterocycles. The van der Waals surface area contributed by atoms with Crippen molar-refractivity contribution in [2.24, 2.45) is 4.99 Å².